The van der Waals surface area contributed by atoms with Crippen LogP contribution in [0.5, 0.6) is 0 Å². The summed E-state index contributed by atoms with van der Waals surface area (Å²) in [6.07, 6.45) is 2.15. The van der Waals surface area contributed by atoms with Gasteiger partial charge in [-0.05, 0) is 0 Å². The Hall–Kier alpha value is -1.27. The third kappa shape index (κ3) is 8.73. The third-order valence-corrected chi connectivity index (χ3v) is 0.824. The molecule has 6 N–H and O–H groups in total. The first kappa shape index (κ1) is 10.7. The van der Waals surface area contributed by atoms with Crippen molar-refractivity contribution >= 4 is 5.97 Å². The number of carboxylic acids is 1. The zero-order valence-corrected chi connectivity index (χ0v) is 6.56. The number of carboxylic acid groups (broad SMARTS) is 1. The zero-order chi connectivity index (χ0) is 9.40. The van der Waals surface area contributed by atoms with Gasteiger partial charge in [-0.15, -0.1) is 0 Å². The monoisotopic (exact) mass is 175 g/mol. The summed E-state index contributed by atoms with van der Waals surface area (Å²) in [5.74, 6) is -0.935. The Labute approximate surface area is 70.2 Å². The maximum atomic E-state index is 9.96. The summed E-state index contributed by atoms with van der Waals surface area (Å²) in [6, 6.07) is 0. The molecule has 0 heterocycles. The van der Waals surface area contributed by atoms with Gasteiger partial charge >= 0.3 is 5.97 Å². The number of hydrogen-bond acceptors (Lipinski definition) is 5. The number of nitrogens with one attached hydrogen (secondary N) is 1. The predicted molar refractivity (Wildman–Crippen MR) is 42.9 cm³/mol. The molecule has 0 saturated heterocycles. The molecule has 6 heteroatoms. The van der Waals surface area contributed by atoms with Crippen LogP contribution in [-0.4, -0.2) is 30.4 Å². The van der Waals surface area contributed by atoms with Gasteiger partial charge < -0.3 is 26.6 Å². The topological polar surface area (TPSA) is 111 Å². The first-order valence-corrected chi connectivity index (χ1v) is 3.36. The summed E-state index contributed by atoms with van der Waals surface area (Å²) >= 11 is 0. The molecule has 0 atom stereocenters. The van der Waals surface area contributed by atoms with Crippen molar-refractivity contribution in [2.45, 2.75) is 6.17 Å². The minimum absolute atomic E-state index is 0.144. The molecule has 0 saturated carbocycles. The van der Waals surface area contributed by atoms with Gasteiger partial charge in [-0.3, -0.25) is 4.79 Å². The Morgan fingerprint density at radius 3 is 2.83 bits per heavy atom. The van der Waals surface area contributed by atoms with Crippen molar-refractivity contribution < 1.29 is 14.6 Å². The summed E-state index contributed by atoms with van der Waals surface area (Å²) in [6.45, 7) is 0.0553. The Morgan fingerprint density at radius 1 is 1.67 bits per heavy atom. The van der Waals surface area contributed by atoms with Crippen LogP contribution in [0.25, 0.3) is 0 Å². The molecule has 0 radical (unpaired) electrons. The van der Waals surface area contributed by atoms with Crippen molar-refractivity contribution in [1.82, 2.24) is 5.32 Å². The van der Waals surface area contributed by atoms with E-state index in [-0.39, 0.29) is 13.2 Å². The standard InChI is InChI=1S/C6H13N3O3/c7-5(8)4-12-2-1-9-3-6(10)11/h1-2,5,9H,3-4,7-8H2,(H,10,11). The first-order chi connectivity index (χ1) is 5.63. The Morgan fingerprint density at radius 2 is 2.33 bits per heavy atom. The van der Waals surface area contributed by atoms with Crippen LogP contribution in [0.15, 0.2) is 12.5 Å². The van der Waals surface area contributed by atoms with Gasteiger partial charge in [0.05, 0.1) is 12.4 Å². The van der Waals surface area contributed by atoms with E-state index in [0.717, 1.165) is 0 Å². The fourth-order valence-corrected chi connectivity index (χ4v) is 0.409. The number of hydrogen-bond donors (Lipinski definition) is 4. The molecule has 0 aromatic heterocycles. The number of nitrogens with two attached hydrogens (primary N) is 2. The molecule has 0 aromatic rings. The van der Waals surface area contributed by atoms with E-state index in [0.29, 0.717) is 0 Å². The van der Waals surface area contributed by atoms with Crippen molar-refractivity contribution in [3.05, 3.63) is 12.5 Å². The van der Waals surface area contributed by atoms with Crippen LogP contribution >= 0.6 is 0 Å². The predicted octanol–water partition coefficient (Wildman–Crippen LogP) is -1.61. The van der Waals surface area contributed by atoms with Crippen molar-refractivity contribution in [3.63, 3.8) is 0 Å². The molecule has 0 rings (SSSR count). The van der Waals surface area contributed by atoms with E-state index in [4.69, 9.17) is 21.3 Å². The average Bonchev–Trinajstić information content (AvgIpc) is 1.95. The number of aliphatic carboxylic acids is 1. The van der Waals surface area contributed by atoms with Gasteiger partial charge in [0, 0.05) is 6.20 Å². The quantitative estimate of drug-likeness (QED) is 0.285. The minimum Gasteiger partial charge on any atom is -0.497 e. The second-order valence-electron chi connectivity index (χ2n) is 2.07. The lowest BCUT2D eigenvalue weighted by Gasteiger charge is -2.03. The second-order valence-corrected chi connectivity index (χ2v) is 2.07. The minimum atomic E-state index is -0.935. The normalized spacial score (nSPS) is 10.6. The van der Waals surface area contributed by atoms with Gasteiger partial charge in [0.15, 0.2) is 0 Å². The maximum absolute atomic E-state index is 9.96. The Bertz CT molecular complexity index is 158. The highest BCUT2D eigenvalue weighted by molar-refractivity contribution is 5.69. The molecule has 0 spiro atoms. The van der Waals surface area contributed by atoms with E-state index >= 15 is 0 Å². The number of rotatable bonds is 6. The number of carbonyl (C=O) groups is 1. The summed E-state index contributed by atoms with van der Waals surface area (Å²) in [4.78, 5) is 9.96. The SMILES string of the molecule is NC(N)COC=CNCC(=O)O. The zero-order valence-electron chi connectivity index (χ0n) is 6.56. The molecule has 0 fully saturated rings. The second kappa shape index (κ2) is 6.44. The van der Waals surface area contributed by atoms with E-state index in [9.17, 15) is 4.79 Å². The van der Waals surface area contributed by atoms with Crippen molar-refractivity contribution in [1.29, 1.82) is 0 Å². The fourth-order valence-electron chi connectivity index (χ4n) is 0.409. The fraction of sp³-hybridized carbons (Fsp3) is 0.500. The molecular weight excluding hydrogens is 162 g/mol. The van der Waals surface area contributed by atoms with E-state index in [1.165, 1.54) is 12.5 Å². The maximum Gasteiger partial charge on any atom is 0.322 e. The van der Waals surface area contributed by atoms with Crippen molar-refractivity contribution in [2.24, 2.45) is 11.5 Å². The Kier molecular flexibility index (Phi) is 5.76. The van der Waals surface area contributed by atoms with Crippen molar-refractivity contribution in [2.75, 3.05) is 13.2 Å². The lowest BCUT2D eigenvalue weighted by atomic mass is 10.6. The van der Waals surface area contributed by atoms with Crippen LogP contribution in [0.2, 0.25) is 0 Å². The molecule has 0 bridgehead atoms. The molecule has 0 unspecified atom stereocenters. The average molecular weight is 175 g/mol. The molecule has 0 aromatic carbocycles. The van der Waals surface area contributed by atoms with E-state index in [2.05, 4.69) is 5.32 Å². The lowest BCUT2D eigenvalue weighted by Crippen LogP contribution is -2.34. The van der Waals surface area contributed by atoms with Gasteiger partial charge in [-0.25, -0.2) is 0 Å². The van der Waals surface area contributed by atoms with Crippen LogP contribution in [0.3, 0.4) is 0 Å². The van der Waals surface area contributed by atoms with Gasteiger partial charge in [0.25, 0.3) is 0 Å². The van der Waals surface area contributed by atoms with Crippen molar-refractivity contribution in [3.8, 4) is 0 Å². The Balaban J connectivity index is 3.20. The van der Waals surface area contributed by atoms with Gasteiger partial charge in [-0.1, -0.05) is 0 Å². The van der Waals surface area contributed by atoms with E-state index in [1.807, 2.05) is 0 Å². The van der Waals surface area contributed by atoms with Crippen LogP contribution in [0.1, 0.15) is 0 Å². The highest BCUT2D eigenvalue weighted by atomic mass is 16.5. The molecule has 0 aliphatic rings. The molecule has 0 aliphatic carbocycles. The van der Waals surface area contributed by atoms with Gasteiger partial charge in [-0.2, -0.15) is 0 Å². The van der Waals surface area contributed by atoms with Crippen LogP contribution < -0.4 is 16.8 Å². The lowest BCUT2D eigenvalue weighted by molar-refractivity contribution is -0.135. The highest BCUT2D eigenvalue weighted by Crippen LogP contribution is 1.75. The molecular formula is C6H13N3O3. The smallest absolute Gasteiger partial charge is 0.322 e. The highest BCUT2D eigenvalue weighted by Gasteiger charge is 1.91. The summed E-state index contributed by atoms with van der Waals surface area (Å²) in [5, 5.41) is 10.7. The largest absolute Gasteiger partial charge is 0.497 e. The molecule has 70 valence electrons. The summed E-state index contributed by atoms with van der Waals surface area (Å²) in [7, 11) is 0. The summed E-state index contributed by atoms with van der Waals surface area (Å²) in [5.41, 5.74) is 10.3. The molecule has 0 aliphatic heterocycles. The summed E-state index contributed by atoms with van der Waals surface area (Å²) < 4.78 is 4.79. The third-order valence-electron chi connectivity index (χ3n) is 0.824. The van der Waals surface area contributed by atoms with Crippen LogP contribution in [0, 0.1) is 0 Å². The molecule has 6 nitrogen and oxygen atoms in total. The van der Waals surface area contributed by atoms with Gasteiger partial charge in [0.1, 0.15) is 13.2 Å². The first-order valence-electron chi connectivity index (χ1n) is 3.36. The van der Waals surface area contributed by atoms with Gasteiger partial charge in [0.2, 0.25) is 0 Å². The van der Waals surface area contributed by atoms with E-state index in [1.54, 1.807) is 0 Å². The molecule has 0 amide bonds. The van der Waals surface area contributed by atoms with Crippen LogP contribution in [-0.2, 0) is 9.53 Å². The number of ether oxygens (including phenoxy) is 1. The van der Waals surface area contributed by atoms with Crippen LogP contribution in [0.4, 0.5) is 0 Å². The van der Waals surface area contributed by atoms with E-state index < -0.39 is 12.1 Å². The molecule has 12 heavy (non-hydrogen) atoms.